The summed E-state index contributed by atoms with van der Waals surface area (Å²) in [5, 5.41) is 31.6. The van der Waals surface area contributed by atoms with Crippen molar-refractivity contribution in [2.75, 3.05) is 0 Å². The Kier molecular flexibility index (Phi) is 9.91. The fraction of sp³-hybridized carbons (Fsp3) is 0.714. The Morgan fingerprint density at radius 3 is 1.38 bits per heavy atom. The fourth-order valence-corrected chi connectivity index (χ4v) is 0.214. The van der Waals surface area contributed by atoms with Crippen LogP contribution in [0.1, 0.15) is 26.2 Å². The van der Waals surface area contributed by atoms with Crippen LogP contribution in [0.5, 0.6) is 0 Å². The van der Waals surface area contributed by atoms with Crippen LogP contribution in [0.4, 0.5) is 0 Å². The minimum Gasteiger partial charge on any atom is -0.481 e. The molecule has 0 aromatic rings. The van der Waals surface area contributed by atoms with Crippen LogP contribution in [-0.4, -0.2) is 38.7 Å². The molecule has 0 saturated carbocycles. The fourth-order valence-electron chi connectivity index (χ4n) is 0.214. The third kappa shape index (κ3) is 24.8. The Morgan fingerprint density at radius 2 is 1.31 bits per heavy atom. The predicted octanol–water partition coefficient (Wildman–Crippen LogP) is -0.357. The van der Waals surface area contributed by atoms with Gasteiger partial charge in [-0.3, -0.25) is 9.59 Å². The highest BCUT2D eigenvalue weighted by atomic mass is 16.5. The van der Waals surface area contributed by atoms with E-state index >= 15 is 0 Å². The maximum absolute atomic E-state index is 9.64. The zero-order chi connectivity index (χ0) is 10.9. The van der Waals surface area contributed by atoms with Gasteiger partial charge in [0.05, 0.1) is 12.8 Å². The van der Waals surface area contributed by atoms with Gasteiger partial charge in [0.1, 0.15) is 0 Å². The Morgan fingerprint density at radius 1 is 1.08 bits per heavy atom. The summed E-state index contributed by atoms with van der Waals surface area (Å²) in [6.45, 7) is 1.70. The molecule has 13 heavy (non-hydrogen) atoms. The van der Waals surface area contributed by atoms with Crippen LogP contribution in [0.2, 0.25) is 0 Å². The van der Waals surface area contributed by atoms with E-state index in [1.807, 2.05) is 0 Å². The van der Waals surface area contributed by atoms with Crippen LogP contribution in [0.15, 0.2) is 0 Å². The predicted molar refractivity (Wildman–Crippen MR) is 43.0 cm³/mol. The number of carbonyl (C=O) groups is 2. The van der Waals surface area contributed by atoms with Gasteiger partial charge in [-0.1, -0.05) is 6.92 Å². The van der Waals surface area contributed by atoms with Gasteiger partial charge in [-0.25, -0.2) is 0 Å². The zero-order valence-corrected chi connectivity index (χ0v) is 7.30. The van der Waals surface area contributed by atoms with Crippen molar-refractivity contribution in [2.24, 2.45) is 0 Å². The highest BCUT2D eigenvalue weighted by molar-refractivity contribution is 5.75. The van der Waals surface area contributed by atoms with E-state index in [9.17, 15) is 9.59 Å². The number of hydrogen-bond donors (Lipinski definition) is 4. The quantitative estimate of drug-likeness (QED) is 0.454. The number of rotatable bonds is 4. The van der Waals surface area contributed by atoms with Crippen LogP contribution >= 0.6 is 0 Å². The first kappa shape index (κ1) is 14.4. The van der Waals surface area contributed by atoms with E-state index in [0.29, 0.717) is 6.42 Å². The molecule has 0 radical (unpaired) electrons. The summed E-state index contributed by atoms with van der Waals surface area (Å²) in [6.07, 6.45) is -1.29. The van der Waals surface area contributed by atoms with Gasteiger partial charge in [-0.15, -0.1) is 0 Å². The maximum atomic E-state index is 9.64. The van der Waals surface area contributed by atoms with E-state index in [2.05, 4.69) is 0 Å². The van der Waals surface area contributed by atoms with Crippen LogP contribution < -0.4 is 0 Å². The number of aliphatic hydroxyl groups excluding tert-OH is 1. The van der Waals surface area contributed by atoms with Crippen molar-refractivity contribution < 1.29 is 30.0 Å². The lowest BCUT2D eigenvalue weighted by molar-refractivity contribution is -0.143. The van der Waals surface area contributed by atoms with Gasteiger partial charge in [-0.2, -0.15) is 0 Å². The van der Waals surface area contributed by atoms with Crippen molar-refractivity contribution >= 4 is 11.9 Å². The molecular weight excluding hydrogens is 180 g/mol. The van der Waals surface area contributed by atoms with E-state index in [-0.39, 0.29) is 12.8 Å². The van der Waals surface area contributed by atoms with Crippen LogP contribution in [0.25, 0.3) is 0 Å². The van der Waals surface area contributed by atoms with Gasteiger partial charge in [0.15, 0.2) is 6.29 Å². The van der Waals surface area contributed by atoms with Crippen molar-refractivity contribution in [2.45, 2.75) is 32.5 Å². The topological polar surface area (TPSA) is 115 Å². The summed E-state index contributed by atoms with van der Waals surface area (Å²) in [5.74, 6) is -2.15. The molecule has 0 aromatic carbocycles. The van der Waals surface area contributed by atoms with Crippen molar-refractivity contribution in [3.05, 3.63) is 0 Å². The Balaban J connectivity index is 0. The smallest absolute Gasteiger partial charge is 0.303 e. The lowest BCUT2D eigenvalue weighted by Crippen LogP contribution is -2.00. The molecule has 0 unspecified atom stereocenters. The van der Waals surface area contributed by atoms with Crippen LogP contribution in [0.3, 0.4) is 0 Å². The average molecular weight is 194 g/mol. The van der Waals surface area contributed by atoms with E-state index in [0.717, 1.165) is 0 Å². The SMILES string of the molecule is CCC(O)O.O=C(O)CCC(=O)O. The molecule has 6 nitrogen and oxygen atoms in total. The highest BCUT2D eigenvalue weighted by Crippen LogP contribution is 1.86. The third-order valence-corrected chi connectivity index (χ3v) is 0.918. The number of aliphatic carboxylic acids is 2. The molecule has 0 aromatic heterocycles. The van der Waals surface area contributed by atoms with Crippen LogP contribution in [-0.2, 0) is 9.59 Å². The van der Waals surface area contributed by atoms with Gasteiger partial charge >= 0.3 is 11.9 Å². The molecule has 6 heteroatoms. The van der Waals surface area contributed by atoms with Gasteiger partial charge < -0.3 is 20.4 Å². The lowest BCUT2D eigenvalue weighted by atomic mass is 10.3. The minimum absolute atomic E-state index is 0.296. The second-order valence-electron chi connectivity index (χ2n) is 2.18. The number of hydrogen-bond acceptors (Lipinski definition) is 4. The molecule has 0 rings (SSSR count). The van der Waals surface area contributed by atoms with E-state index in [1.54, 1.807) is 6.92 Å². The second-order valence-corrected chi connectivity index (χ2v) is 2.18. The lowest BCUT2D eigenvalue weighted by Gasteiger charge is -1.90. The van der Waals surface area contributed by atoms with Crippen molar-refractivity contribution in [1.29, 1.82) is 0 Å². The molecule has 4 N–H and O–H groups in total. The number of carboxylic acid groups (broad SMARTS) is 2. The first-order valence-corrected chi connectivity index (χ1v) is 3.69. The van der Waals surface area contributed by atoms with E-state index in [1.165, 1.54) is 0 Å². The number of carboxylic acids is 2. The van der Waals surface area contributed by atoms with Crippen molar-refractivity contribution in [3.63, 3.8) is 0 Å². The van der Waals surface area contributed by atoms with E-state index in [4.69, 9.17) is 20.4 Å². The first-order chi connectivity index (χ1) is 5.90. The van der Waals surface area contributed by atoms with Gasteiger partial charge in [0.25, 0.3) is 0 Å². The summed E-state index contributed by atoms with van der Waals surface area (Å²) in [7, 11) is 0. The van der Waals surface area contributed by atoms with E-state index < -0.39 is 18.2 Å². The van der Waals surface area contributed by atoms with Crippen LogP contribution in [0, 0.1) is 0 Å². The molecule has 0 aliphatic rings. The minimum atomic E-state index is -1.12. The monoisotopic (exact) mass is 194 g/mol. The normalized spacial score (nSPS) is 8.92. The molecule has 0 amide bonds. The van der Waals surface area contributed by atoms with Gasteiger partial charge in [0, 0.05) is 0 Å². The Bertz CT molecular complexity index is 139. The average Bonchev–Trinajstić information content (AvgIpc) is 2.02. The summed E-state index contributed by atoms with van der Waals surface area (Å²) in [6, 6.07) is 0. The molecule has 0 saturated heterocycles. The summed E-state index contributed by atoms with van der Waals surface area (Å²) in [5.41, 5.74) is 0. The molecule has 0 aliphatic heterocycles. The first-order valence-electron chi connectivity index (χ1n) is 3.69. The molecule has 0 fully saturated rings. The van der Waals surface area contributed by atoms with Crippen molar-refractivity contribution in [3.8, 4) is 0 Å². The molecule has 78 valence electrons. The molecule has 0 spiro atoms. The highest BCUT2D eigenvalue weighted by Gasteiger charge is 2.00. The molecular formula is C7H14O6. The summed E-state index contributed by atoms with van der Waals surface area (Å²) >= 11 is 0. The second kappa shape index (κ2) is 8.95. The van der Waals surface area contributed by atoms with Crippen molar-refractivity contribution in [1.82, 2.24) is 0 Å². The molecule has 0 aliphatic carbocycles. The largest absolute Gasteiger partial charge is 0.481 e. The zero-order valence-electron chi connectivity index (χ0n) is 7.30. The third-order valence-electron chi connectivity index (χ3n) is 0.918. The Hall–Kier alpha value is -1.14. The molecule has 0 bridgehead atoms. The molecule has 0 atom stereocenters. The van der Waals surface area contributed by atoms with Gasteiger partial charge in [-0.05, 0) is 6.42 Å². The molecule has 0 heterocycles. The standard InChI is InChI=1S/C4H6O4.C3H8O2/c5-3(6)1-2-4(7)8;1-2-3(4)5/h1-2H2,(H,5,6)(H,7,8);3-5H,2H2,1H3. The maximum Gasteiger partial charge on any atom is 0.303 e. The number of aliphatic hydroxyl groups is 2. The van der Waals surface area contributed by atoms with Gasteiger partial charge in [0.2, 0.25) is 0 Å². The summed E-state index contributed by atoms with van der Waals surface area (Å²) in [4.78, 5) is 19.3. The summed E-state index contributed by atoms with van der Waals surface area (Å²) < 4.78 is 0. The Labute approximate surface area is 75.4 Å².